The van der Waals surface area contributed by atoms with Crippen LogP contribution in [0, 0.1) is 20.8 Å². The minimum Gasteiger partial charge on any atom is -0.261 e. The molecule has 4 aromatic rings. The number of benzene rings is 2. The Morgan fingerprint density at radius 1 is 0.929 bits per heavy atom. The van der Waals surface area contributed by atoms with Gasteiger partial charge in [-0.3, -0.25) is 4.72 Å². The molecular formula is C21H20N4O2S. The summed E-state index contributed by atoms with van der Waals surface area (Å²) in [4.78, 5) is 4.64. The van der Waals surface area contributed by atoms with E-state index in [0.29, 0.717) is 11.0 Å². The highest BCUT2D eigenvalue weighted by atomic mass is 32.2. The zero-order valence-electron chi connectivity index (χ0n) is 15.8. The summed E-state index contributed by atoms with van der Waals surface area (Å²) < 4.78 is 29.9. The number of fused-ring (bicyclic) bond motifs is 1. The number of rotatable bonds is 4. The lowest BCUT2D eigenvalue weighted by molar-refractivity contribution is 0.601. The van der Waals surface area contributed by atoms with Gasteiger partial charge >= 0.3 is 0 Å². The van der Waals surface area contributed by atoms with Crippen LogP contribution >= 0.6 is 0 Å². The molecule has 0 amide bonds. The molecule has 6 nitrogen and oxygen atoms in total. The van der Waals surface area contributed by atoms with Crippen molar-refractivity contribution in [3.63, 3.8) is 0 Å². The Morgan fingerprint density at radius 3 is 2.29 bits per heavy atom. The molecule has 0 atom stereocenters. The fraction of sp³-hybridized carbons (Fsp3) is 0.143. The van der Waals surface area contributed by atoms with Gasteiger partial charge in [0, 0.05) is 6.20 Å². The van der Waals surface area contributed by atoms with Gasteiger partial charge in [-0.2, -0.15) is 0 Å². The van der Waals surface area contributed by atoms with E-state index in [-0.39, 0.29) is 10.7 Å². The molecule has 0 radical (unpaired) electrons. The van der Waals surface area contributed by atoms with Gasteiger partial charge in [0.15, 0.2) is 11.5 Å². The fourth-order valence-corrected chi connectivity index (χ4v) is 4.51. The molecule has 0 spiro atoms. The molecule has 2 heterocycles. The molecule has 0 unspecified atom stereocenters. The first-order valence-corrected chi connectivity index (χ1v) is 10.3. The first-order chi connectivity index (χ1) is 13.4. The number of hydrogen-bond donors (Lipinski definition) is 1. The zero-order valence-corrected chi connectivity index (χ0v) is 16.7. The Labute approximate surface area is 163 Å². The van der Waals surface area contributed by atoms with Crippen molar-refractivity contribution in [1.29, 1.82) is 0 Å². The molecule has 0 fully saturated rings. The number of pyridine rings is 1. The van der Waals surface area contributed by atoms with Gasteiger partial charge in [0.1, 0.15) is 0 Å². The number of hydrogen-bond acceptors (Lipinski definition) is 4. The first kappa shape index (κ1) is 18.2. The molecule has 2 aromatic carbocycles. The van der Waals surface area contributed by atoms with E-state index in [4.69, 9.17) is 0 Å². The van der Waals surface area contributed by atoms with E-state index < -0.39 is 10.0 Å². The fourth-order valence-electron chi connectivity index (χ4n) is 3.48. The van der Waals surface area contributed by atoms with Crippen LogP contribution in [0.3, 0.4) is 0 Å². The third-order valence-corrected chi connectivity index (χ3v) is 5.93. The molecule has 0 aliphatic carbocycles. The number of sulfonamides is 1. The van der Waals surface area contributed by atoms with Crippen molar-refractivity contribution < 1.29 is 8.42 Å². The minimum absolute atomic E-state index is 0.185. The highest BCUT2D eigenvalue weighted by Crippen LogP contribution is 2.29. The van der Waals surface area contributed by atoms with Crippen LogP contribution in [-0.4, -0.2) is 23.2 Å². The van der Waals surface area contributed by atoms with Crippen LogP contribution < -0.4 is 4.72 Å². The summed E-state index contributed by atoms with van der Waals surface area (Å²) in [5.41, 5.74) is 4.76. The van der Waals surface area contributed by atoms with Gasteiger partial charge in [-0.25, -0.2) is 18.1 Å². The zero-order chi connectivity index (χ0) is 19.9. The van der Waals surface area contributed by atoms with Gasteiger partial charge in [0.25, 0.3) is 10.0 Å². The van der Waals surface area contributed by atoms with E-state index in [2.05, 4.69) is 26.9 Å². The Morgan fingerprint density at radius 2 is 1.61 bits per heavy atom. The first-order valence-electron chi connectivity index (χ1n) is 8.86. The Hall–Kier alpha value is -3.19. The summed E-state index contributed by atoms with van der Waals surface area (Å²) in [5, 5.41) is 5.23. The minimum atomic E-state index is -3.75. The van der Waals surface area contributed by atoms with Crippen LogP contribution in [0.15, 0.2) is 65.7 Å². The standard InChI is InChI=1S/C21H20N4O2S/c1-14-12-15(2)19(16(3)13-14)25-21-18(10-7-11-22-21)20(23-25)24-28(26,27)17-8-5-4-6-9-17/h4-13H,1-3H3,(H,23,24). The third-order valence-electron chi connectivity index (χ3n) is 4.57. The number of nitrogens with zero attached hydrogens (tertiary/aromatic N) is 3. The van der Waals surface area contributed by atoms with E-state index in [1.807, 2.05) is 26.8 Å². The smallest absolute Gasteiger partial charge is 0.261 e. The summed E-state index contributed by atoms with van der Waals surface area (Å²) in [7, 11) is -3.75. The summed E-state index contributed by atoms with van der Waals surface area (Å²) in [6.45, 7) is 6.07. The summed E-state index contributed by atoms with van der Waals surface area (Å²) in [6.07, 6.45) is 1.68. The van der Waals surface area contributed by atoms with Crippen LogP contribution in [0.25, 0.3) is 16.7 Å². The maximum Gasteiger partial charge on any atom is 0.263 e. The second-order valence-electron chi connectivity index (χ2n) is 6.80. The molecule has 7 heteroatoms. The second kappa shape index (κ2) is 6.76. The molecule has 0 saturated carbocycles. The maximum absolute atomic E-state index is 12.8. The van der Waals surface area contributed by atoms with Crippen molar-refractivity contribution >= 4 is 26.9 Å². The highest BCUT2D eigenvalue weighted by Gasteiger charge is 2.21. The van der Waals surface area contributed by atoms with E-state index in [0.717, 1.165) is 22.4 Å². The van der Waals surface area contributed by atoms with Crippen molar-refractivity contribution in [2.45, 2.75) is 25.7 Å². The van der Waals surface area contributed by atoms with E-state index >= 15 is 0 Å². The number of aromatic nitrogens is 3. The monoisotopic (exact) mass is 392 g/mol. The van der Waals surface area contributed by atoms with Crippen LogP contribution in [-0.2, 0) is 10.0 Å². The van der Waals surface area contributed by atoms with Gasteiger partial charge < -0.3 is 0 Å². The predicted octanol–water partition coefficient (Wildman–Crippen LogP) is 4.15. The summed E-state index contributed by atoms with van der Waals surface area (Å²) in [5.74, 6) is 0.256. The molecule has 0 aliphatic heterocycles. The van der Waals surface area contributed by atoms with E-state index in [1.165, 1.54) is 0 Å². The van der Waals surface area contributed by atoms with E-state index in [1.54, 1.807) is 47.3 Å². The number of aryl methyl sites for hydroxylation is 3. The highest BCUT2D eigenvalue weighted by molar-refractivity contribution is 7.92. The van der Waals surface area contributed by atoms with E-state index in [9.17, 15) is 8.42 Å². The normalized spacial score (nSPS) is 11.7. The second-order valence-corrected chi connectivity index (χ2v) is 8.48. The maximum atomic E-state index is 12.8. The van der Waals surface area contributed by atoms with Crippen molar-refractivity contribution in [1.82, 2.24) is 14.8 Å². The van der Waals surface area contributed by atoms with Gasteiger partial charge in [-0.15, -0.1) is 5.10 Å². The molecule has 28 heavy (non-hydrogen) atoms. The molecule has 0 aliphatic rings. The summed E-state index contributed by atoms with van der Waals surface area (Å²) >= 11 is 0. The lowest BCUT2D eigenvalue weighted by Gasteiger charge is -2.11. The third kappa shape index (κ3) is 3.14. The van der Waals surface area contributed by atoms with Crippen LogP contribution in [0.4, 0.5) is 5.82 Å². The molecule has 4 rings (SSSR count). The molecule has 1 N–H and O–H groups in total. The Kier molecular flexibility index (Phi) is 4.39. The largest absolute Gasteiger partial charge is 0.263 e. The van der Waals surface area contributed by atoms with Crippen LogP contribution in [0.2, 0.25) is 0 Å². The molecule has 2 aromatic heterocycles. The lowest BCUT2D eigenvalue weighted by Crippen LogP contribution is -2.13. The molecular weight excluding hydrogens is 372 g/mol. The van der Waals surface area contributed by atoms with Gasteiger partial charge in [-0.05, 0) is 56.2 Å². The van der Waals surface area contributed by atoms with Crippen LogP contribution in [0.5, 0.6) is 0 Å². The summed E-state index contributed by atoms with van der Waals surface area (Å²) in [6, 6.07) is 16.0. The Bertz CT molecular complexity index is 1260. The topological polar surface area (TPSA) is 76.9 Å². The molecule has 0 bridgehead atoms. The van der Waals surface area contributed by atoms with Gasteiger partial charge in [-0.1, -0.05) is 35.9 Å². The van der Waals surface area contributed by atoms with Gasteiger partial charge in [0.2, 0.25) is 0 Å². The van der Waals surface area contributed by atoms with Crippen molar-refractivity contribution in [3.8, 4) is 5.69 Å². The number of anilines is 1. The number of nitrogens with one attached hydrogen (secondary N) is 1. The molecule has 142 valence electrons. The van der Waals surface area contributed by atoms with Crippen LogP contribution in [0.1, 0.15) is 16.7 Å². The van der Waals surface area contributed by atoms with Crippen molar-refractivity contribution in [2.24, 2.45) is 0 Å². The lowest BCUT2D eigenvalue weighted by atomic mass is 10.1. The average Bonchev–Trinajstić information content (AvgIpc) is 3.00. The molecule has 0 saturated heterocycles. The predicted molar refractivity (Wildman–Crippen MR) is 110 cm³/mol. The quantitative estimate of drug-likeness (QED) is 0.566. The average molecular weight is 392 g/mol. The van der Waals surface area contributed by atoms with Crippen molar-refractivity contribution in [2.75, 3.05) is 4.72 Å². The van der Waals surface area contributed by atoms with Gasteiger partial charge in [0.05, 0.1) is 16.0 Å². The van der Waals surface area contributed by atoms with Crippen molar-refractivity contribution in [3.05, 3.63) is 77.5 Å². The SMILES string of the molecule is Cc1cc(C)c(-n2nc(NS(=O)(=O)c3ccccc3)c3cccnc32)c(C)c1. The Balaban J connectivity index is 1.89.